The molecule has 1 aromatic rings. The minimum atomic E-state index is -0.662. The topological polar surface area (TPSA) is 67.6 Å². The Hall–Kier alpha value is -3.00. The fourth-order valence-corrected chi connectivity index (χ4v) is 10.9. The Morgan fingerprint density at radius 3 is 2.30 bits per heavy atom. The van der Waals surface area contributed by atoms with Crippen LogP contribution in [0.2, 0.25) is 0 Å². The first-order chi connectivity index (χ1) is 20.0. The van der Waals surface area contributed by atoms with Gasteiger partial charge in [0.05, 0.1) is 13.0 Å². The maximum atomic E-state index is 14.7. The second-order valence-electron chi connectivity index (χ2n) is 16.6. The molecular formula is C38H48N2O3. The molecule has 0 spiro atoms. The number of allylic oxidation sites excluding steroid dienone is 4. The summed E-state index contributed by atoms with van der Waals surface area (Å²) < 4.78 is 0. The van der Waals surface area contributed by atoms with Crippen LogP contribution in [0.3, 0.4) is 0 Å². The van der Waals surface area contributed by atoms with Crippen LogP contribution in [0.15, 0.2) is 53.8 Å². The Balaban J connectivity index is 1.43. The smallest absolute Gasteiger partial charge is 0.226 e. The summed E-state index contributed by atoms with van der Waals surface area (Å²) in [6.07, 6.45) is 10.6. The summed E-state index contributed by atoms with van der Waals surface area (Å²) in [4.78, 5) is 45.3. The molecule has 1 aromatic carbocycles. The van der Waals surface area contributed by atoms with Gasteiger partial charge in [-0.15, -0.1) is 0 Å². The second-order valence-corrected chi connectivity index (χ2v) is 16.6. The molecule has 1 amide bonds. The molecule has 0 saturated heterocycles. The van der Waals surface area contributed by atoms with Crippen molar-refractivity contribution < 1.29 is 14.4 Å². The van der Waals surface area contributed by atoms with E-state index in [0.717, 1.165) is 56.1 Å². The average molecular weight is 581 g/mol. The first-order valence-corrected chi connectivity index (χ1v) is 16.3. The van der Waals surface area contributed by atoms with Crippen LogP contribution in [-0.4, -0.2) is 23.0 Å². The number of fused-ring (bicyclic) bond motifs is 7. The number of carbonyl (C=O) groups excluding carboxylic acids is 3. The van der Waals surface area contributed by atoms with E-state index in [1.54, 1.807) is 0 Å². The minimum absolute atomic E-state index is 0.0406. The highest BCUT2D eigenvalue weighted by atomic mass is 16.2. The number of ketones is 2. The van der Waals surface area contributed by atoms with Crippen LogP contribution in [0.25, 0.3) is 4.85 Å². The van der Waals surface area contributed by atoms with Gasteiger partial charge in [-0.05, 0) is 84.7 Å². The van der Waals surface area contributed by atoms with Gasteiger partial charge < -0.3 is 10.1 Å². The maximum Gasteiger partial charge on any atom is 0.226 e. The largest absolute Gasteiger partial charge is 0.350 e. The molecule has 0 heterocycles. The van der Waals surface area contributed by atoms with Crippen molar-refractivity contribution in [1.82, 2.24) is 5.32 Å². The molecule has 7 atom stereocenters. The van der Waals surface area contributed by atoms with E-state index in [0.29, 0.717) is 6.42 Å². The third-order valence-electron chi connectivity index (χ3n) is 13.4. The zero-order valence-corrected chi connectivity index (χ0v) is 27.1. The van der Waals surface area contributed by atoms with E-state index in [2.05, 4.69) is 44.8 Å². The highest BCUT2D eigenvalue weighted by Crippen LogP contribution is 2.73. The van der Waals surface area contributed by atoms with Gasteiger partial charge in [-0.1, -0.05) is 90.4 Å². The van der Waals surface area contributed by atoms with Gasteiger partial charge in [-0.3, -0.25) is 9.59 Å². The van der Waals surface area contributed by atoms with Crippen LogP contribution in [0.4, 0.5) is 0 Å². The predicted octanol–water partition coefficient (Wildman–Crippen LogP) is 7.67. The summed E-state index contributed by atoms with van der Waals surface area (Å²) in [6, 6.07) is 9.91. The predicted molar refractivity (Wildman–Crippen MR) is 168 cm³/mol. The number of hydrogen-bond donors (Lipinski definition) is 1. The Morgan fingerprint density at radius 2 is 1.63 bits per heavy atom. The Morgan fingerprint density at radius 1 is 0.953 bits per heavy atom. The molecular weight excluding hydrogens is 532 g/mol. The zero-order valence-electron chi connectivity index (χ0n) is 27.1. The molecule has 0 aromatic heterocycles. The molecule has 0 aliphatic heterocycles. The van der Waals surface area contributed by atoms with E-state index in [9.17, 15) is 14.4 Å². The quantitative estimate of drug-likeness (QED) is 0.373. The maximum absolute atomic E-state index is 14.7. The van der Waals surface area contributed by atoms with Crippen molar-refractivity contribution in [2.75, 3.05) is 0 Å². The van der Waals surface area contributed by atoms with Crippen molar-refractivity contribution >= 4 is 17.5 Å². The number of amides is 1. The van der Waals surface area contributed by atoms with Gasteiger partial charge in [-0.25, -0.2) is 4.85 Å². The lowest BCUT2D eigenvalue weighted by Gasteiger charge is -2.69. The zero-order chi connectivity index (χ0) is 31.2. The number of carbonyl (C=O) groups is 3. The average Bonchev–Trinajstić information content (AvgIpc) is 2.93. The lowest BCUT2D eigenvalue weighted by atomic mass is 9.35. The van der Waals surface area contributed by atoms with E-state index >= 15 is 0 Å². The van der Waals surface area contributed by atoms with Crippen LogP contribution < -0.4 is 5.32 Å². The first-order valence-electron chi connectivity index (χ1n) is 16.3. The van der Waals surface area contributed by atoms with Gasteiger partial charge in [0.25, 0.3) is 0 Å². The summed E-state index contributed by atoms with van der Waals surface area (Å²) in [5.41, 5.74) is 0.313. The van der Waals surface area contributed by atoms with Crippen molar-refractivity contribution in [3.05, 3.63) is 70.7 Å². The van der Waals surface area contributed by atoms with Crippen molar-refractivity contribution in [3.63, 3.8) is 0 Å². The molecule has 5 aliphatic rings. The van der Waals surface area contributed by atoms with Crippen LogP contribution in [-0.2, 0) is 20.8 Å². The molecule has 43 heavy (non-hydrogen) atoms. The summed E-state index contributed by atoms with van der Waals surface area (Å²) in [6.45, 7) is 23.3. The van der Waals surface area contributed by atoms with Crippen LogP contribution in [0, 0.1) is 51.4 Å². The molecule has 2 unspecified atom stereocenters. The number of rotatable bonds is 3. The van der Waals surface area contributed by atoms with Gasteiger partial charge in [0.2, 0.25) is 11.6 Å². The van der Waals surface area contributed by atoms with E-state index in [1.165, 1.54) is 0 Å². The number of nitrogens with zero attached hydrogens (tertiary/aromatic N) is 1. The molecule has 6 rings (SSSR count). The first kappa shape index (κ1) is 30.0. The van der Waals surface area contributed by atoms with Crippen molar-refractivity contribution in [1.29, 1.82) is 0 Å². The lowest BCUT2D eigenvalue weighted by molar-refractivity contribution is -0.164. The summed E-state index contributed by atoms with van der Waals surface area (Å²) in [5, 5.41) is 3.57. The van der Waals surface area contributed by atoms with Crippen LogP contribution in [0.1, 0.15) is 99.0 Å². The minimum Gasteiger partial charge on any atom is -0.350 e. The summed E-state index contributed by atoms with van der Waals surface area (Å²) in [7, 11) is 0. The van der Waals surface area contributed by atoms with E-state index < -0.39 is 10.8 Å². The molecule has 5 nitrogen and oxygen atoms in total. The highest BCUT2D eigenvalue weighted by molar-refractivity contribution is 6.03. The summed E-state index contributed by atoms with van der Waals surface area (Å²) >= 11 is 0. The Labute approximate surface area is 257 Å². The van der Waals surface area contributed by atoms with Gasteiger partial charge in [-0.2, -0.15) is 0 Å². The highest BCUT2D eigenvalue weighted by Gasteiger charge is 2.69. The second kappa shape index (κ2) is 9.50. The number of Topliss-reactive ketones (excluding diaryl/α,β-unsaturated/α-hetero) is 1. The van der Waals surface area contributed by atoms with Gasteiger partial charge in [0, 0.05) is 22.3 Å². The van der Waals surface area contributed by atoms with Crippen LogP contribution >= 0.6 is 0 Å². The Kier molecular flexibility index (Phi) is 6.64. The van der Waals surface area contributed by atoms with Crippen molar-refractivity contribution in [2.45, 2.75) is 105 Å². The molecule has 0 bridgehead atoms. The van der Waals surface area contributed by atoms with Crippen LogP contribution in [0.5, 0.6) is 0 Å². The number of hydrogen-bond acceptors (Lipinski definition) is 3. The third-order valence-corrected chi connectivity index (χ3v) is 13.4. The fraction of sp³-hybridized carbons (Fsp3) is 0.632. The van der Waals surface area contributed by atoms with Gasteiger partial charge in [0.1, 0.15) is 0 Å². The van der Waals surface area contributed by atoms with Crippen molar-refractivity contribution in [3.8, 4) is 0 Å². The monoisotopic (exact) mass is 580 g/mol. The van der Waals surface area contributed by atoms with Gasteiger partial charge in [0.15, 0.2) is 11.6 Å². The normalized spacial score (nSPS) is 40.8. The molecule has 228 valence electrons. The van der Waals surface area contributed by atoms with E-state index in [-0.39, 0.29) is 62.7 Å². The lowest BCUT2D eigenvalue weighted by Crippen LogP contribution is -2.69. The standard InChI is InChI=1S/C38H48N2O3/c1-33(2)16-18-38(40-30(42)20-24-12-10-9-11-13-24)19-17-37(7)31(25(38)22-33)27(41)21-29-35(5)23-26(39-8)32(43)34(3,4)28(35)14-15-36(29,37)6/h9-13,21,23,25,28,31H,14-20,22H2,1-7H3,(H,40,42)/t25?,28-,31?,35-,36+,37+,38-/m0/s1. The van der Waals surface area contributed by atoms with E-state index in [1.807, 2.05) is 56.3 Å². The Bertz CT molecular complexity index is 1490. The molecule has 3 fully saturated rings. The molecule has 3 saturated carbocycles. The number of benzene rings is 1. The molecule has 0 radical (unpaired) electrons. The van der Waals surface area contributed by atoms with Gasteiger partial charge >= 0.3 is 0 Å². The SMILES string of the molecule is [C-]#[N+]C1=C[C@]2(C)C3=CC(=O)C4C5CC(C)(C)CC[C@]5(NC(=O)Cc5ccccc5)CC[C@@]4(C)[C@]3(C)CC[C@H]2C(C)(C)C1=O. The molecule has 5 aliphatic carbocycles. The molecule has 1 N–H and O–H groups in total. The third kappa shape index (κ3) is 4.18. The molecule has 5 heteroatoms. The number of nitrogens with one attached hydrogen (secondary N) is 1. The fourth-order valence-electron chi connectivity index (χ4n) is 10.9. The summed E-state index contributed by atoms with van der Waals surface area (Å²) in [5.74, 6) is 0.0605. The van der Waals surface area contributed by atoms with E-state index in [4.69, 9.17) is 6.57 Å². The van der Waals surface area contributed by atoms with Crippen molar-refractivity contribution in [2.24, 2.45) is 44.8 Å².